The molecule has 1 aromatic rings. The molecule has 1 aromatic carbocycles. The molecule has 3 atom stereocenters. The van der Waals surface area contributed by atoms with Crippen LogP contribution in [0.5, 0.6) is 0 Å². The second-order valence-electron chi connectivity index (χ2n) is 5.97. The highest BCUT2D eigenvalue weighted by Crippen LogP contribution is 2.28. The van der Waals surface area contributed by atoms with Gasteiger partial charge in [-0.05, 0) is 74.2 Å². The highest BCUT2D eigenvalue weighted by Gasteiger charge is 2.34. The summed E-state index contributed by atoms with van der Waals surface area (Å²) in [4.78, 5) is 14.7. The molecule has 21 heavy (non-hydrogen) atoms. The van der Waals surface area contributed by atoms with E-state index in [-0.39, 0.29) is 17.8 Å². The number of amides is 1. The van der Waals surface area contributed by atoms with Crippen LogP contribution in [-0.2, 0) is 4.79 Å². The molecule has 2 rings (SSSR count). The zero-order chi connectivity index (χ0) is 15.7. The smallest absolute Gasteiger partial charge is 0.241 e. The molecule has 0 aliphatic carbocycles. The van der Waals surface area contributed by atoms with Crippen molar-refractivity contribution in [2.45, 2.75) is 58.7 Å². The first-order valence-corrected chi connectivity index (χ1v) is 8.14. The fourth-order valence-electron chi connectivity index (χ4n) is 3.13. The molecule has 1 N–H and O–H groups in total. The Hall–Kier alpha value is -0.940. The topological polar surface area (TPSA) is 32.3 Å². The van der Waals surface area contributed by atoms with Crippen LogP contribution in [0.4, 0.5) is 10.1 Å². The standard InChI is InChI=1S/C16H22BrFN2O/c1-9-7-13(17)14(18)8-15(9)19-16(21)12(4)20-10(2)5-6-11(20)3/h7-8,10-12H,5-6H2,1-4H3,(H,19,21). The monoisotopic (exact) mass is 356 g/mol. The maximum absolute atomic E-state index is 13.6. The van der Waals surface area contributed by atoms with Gasteiger partial charge in [-0.2, -0.15) is 0 Å². The summed E-state index contributed by atoms with van der Waals surface area (Å²) in [6, 6.07) is 3.63. The van der Waals surface area contributed by atoms with E-state index in [0.717, 1.165) is 18.4 Å². The number of nitrogens with zero attached hydrogens (tertiary/aromatic N) is 1. The lowest BCUT2D eigenvalue weighted by molar-refractivity contribution is -0.121. The van der Waals surface area contributed by atoms with E-state index < -0.39 is 0 Å². The first-order chi connectivity index (χ1) is 9.81. The Balaban J connectivity index is 2.13. The molecule has 3 nitrogen and oxygen atoms in total. The van der Waals surface area contributed by atoms with Gasteiger partial charge < -0.3 is 5.32 Å². The average Bonchev–Trinajstić information content (AvgIpc) is 2.74. The minimum absolute atomic E-state index is 0.0829. The van der Waals surface area contributed by atoms with Crippen LogP contribution in [0.2, 0.25) is 0 Å². The van der Waals surface area contributed by atoms with Crippen LogP contribution in [-0.4, -0.2) is 28.9 Å². The van der Waals surface area contributed by atoms with Gasteiger partial charge in [-0.25, -0.2) is 4.39 Å². The van der Waals surface area contributed by atoms with Crippen LogP contribution in [0.3, 0.4) is 0 Å². The van der Waals surface area contributed by atoms with Crippen molar-refractivity contribution in [2.75, 3.05) is 5.32 Å². The van der Waals surface area contributed by atoms with Gasteiger partial charge >= 0.3 is 0 Å². The fourth-order valence-corrected chi connectivity index (χ4v) is 3.59. The number of halogens is 2. The molecule has 1 saturated heterocycles. The van der Waals surface area contributed by atoms with Crippen molar-refractivity contribution in [2.24, 2.45) is 0 Å². The Bertz CT molecular complexity index is 539. The molecule has 1 heterocycles. The number of aryl methyl sites for hydroxylation is 1. The SMILES string of the molecule is Cc1cc(Br)c(F)cc1NC(=O)C(C)N1C(C)CCC1C. The maximum atomic E-state index is 13.6. The number of benzene rings is 1. The summed E-state index contributed by atoms with van der Waals surface area (Å²) in [6.45, 7) is 8.07. The van der Waals surface area contributed by atoms with Crippen LogP contribution in [0.25, 0.3) is 0 Å². The normalized spacial score (nSPS) is 24.1. The van der Waals surface area contributed by atoms with Gasteiger partial charge in [-0.3, -0.25) is 9.69 Å². The van der Waals surface area contributed by atoms with Gasteiger partial charge in [-0.1, -0.05) is 0 Å². The molecule has 0 aromatic heterocycles. The van der Waals surface area contributed by atoms with E-state index in [1.54, 1.807) is 6.07 Å². The zero-order valence-electron chi connectivity index (χ0n) is 12.9. The van der Waals surface area contributed by atoms with E-state index >= 15 is 0 Å². The van der Waals surface area contributed by atoms with Crippen LogP contribution in [0, 0.1) is 12.7 Å². The fraction of sp³-hybridized carbons (Fsp3) is 0.562. The van der Waals surface area contributed by atoms with Crippen molar-refractivity contribution in [3.05, 3.63) is 28.0 Å². The Morgan fingerprint density at radius 1 is 1.38 bits per heavy atom. The van der Waals surface area contributed by atoms with Gasteiger partial charge in [0, 0.05) is 17.8 Å². The zero-order valence-corrected chi connectivity index (χ0v) is 14.5. The van der Waals surface area contributed by atoms with E-state index in [4.69, 9.17) is 0 Å². The van der Waals surface area contributed by atoms with E-state index in [2.05, 4.69) is 40.0 Å². The lowest BCUT2D eigenvalue weighted by Gasteiger charge is -2.31. The number of carbonyl (C=O) groups excluding carboxylic acids is 1. The Morgan fingerprint density at radius 3 is 2.52 bits per heavy atom. The number of carbonyl (C=O) groups is 1. The van der Waals surface area contributed by atoms with Gasteiger partial charge in [0.25, 0.3) is 0 Å². The minimum atomic E-state index is -0.369. The minimum Gasteiger partial charge on any atom is -0.324 e. The van der Waals surface area contributed by atoms with E-state index in [9.17, 15) is 9.18 Å². The molecule has 1 aliphatic heterocycles. The third kappa shape index (κ3) is 3.46. The van der Waals surface area contributed by atoms with Crippen molar-refractivity contribution in [3.8, 4) is 0 Å². The Labute approximate surface area is 134 Å². The number of hydrogen-bond donors (Lipinski definition) is 1. The molecule has 0 radical (unpaired) electrons. The van der Waals surface area contributed by atoms with Crippen LogP contribution in [0.15, 0.2) is 16.6 Å². The lowest BCUT2D eigenvalue weighted by atomic mass is 10.1. The highest BCUT2D eigenvalue weighted by molar-refractivity contribution is 9.10. The van der Waals surface area contributed by atoms with Crippen molar-refractivity contribution in [1.82, 2.24) is 4.90 Å². The summed E-state index contributed by atoms with van der Waals surface area (Å²) in [7, 11) is 0. The van der Waals surface area contributed by atoms with E-state index in [1.165, 1.54) is 6.07 Å². The van der Waals surface area contributed by atoms with Gasteiger partial charge in [0.15, 0.2) is 0 Å². The molecule has 1 fully saturated rings. The Kier molecular flexibility index (Phi) is 5.04. The third-order valence-corrected chi connectivity index (χ3v) is 4.98. The van der Waals surface area contributed by atoms with Crippen LogP contribution in [0.1, 0.15) is 39.2 Å². The average molecular weight is 357 g/mol. The van der Waals surface area contributed by atoms with E-state index in [1.807, 2.05) is 13.8 Å². The molecule has 0 spiro atoms. The molecule has 1 amide bonds. The maximum Gasteiger partial charge on any atom is 0.241 e. The van der Waals surface area contributed by atoms with Gasteiger partial charge in [-0.15, -0.1) is 0 Å². The van der Waals surface area contributed by atoms with Gasteiger partial charge in [0.1, 0.15) is 5.82 Å². The number of anilines is 1. The molecular formula is C16H22BrFN2O. The Morgan fingerprint density at radius 2 is 1.95 bits per heavy atom. The second kappa shape index (κ2) is 6.44. The summed E-state index contributed by atoms with van der Waals surface area (Å²) >= 11 is 3.15. The highest BCUT2D eigenvalue weighted by atomic mass is 79.9. The molecule has 5 heteroatoms. The molecule has 0 saturated carbocycles. The van der Waals surface area contributed by atoms with Crippen LogP contribution < -0.4 is 5.32 Å². The summed E-state index contributed by atoms with van der Waals surface area (Å²) < 4.78 is 14.0. The van der Waals surface area contributed by atoms with Crippen molar-refractivity contribution in [1.29, 1.82) is 0 Å². The molecule has 3 unspecified atom stereocenters. The number of rotatable bonds is 3. The van der Waals surface area contributed by atoms with Crippen molar-refractivity contribution >= 4 is 27.5 Å². The molecule has 0 bridgehead atoms. The van der Waals surface area contributed by atoms with E-state index in [0.29, 0.717) is 22.2 Å². The predicted octanol–water partition coefficient (Wildman–Crippen LogP) is 4.10. The van der Waals surface area contributed by atoms with Gasteiger partial charge in [0.05, 0.1) is 10.5 Å². The second-order valence-corrected chi connectivity index (χ2v) is 6.82. The molecule has 1 aliphatic rings. The number of hydrogen-bond acceptors (Lipinski definition) is 2. The molecular weight excluding hydrogens is 335 g/mol. The van der Waals surface area contributed by atoms with Gasteiger partial charge in [0.2, 0.25) is 5.91 Å². The quantitative estimate of drug-likeness (QED) is 0.884. The summed E-state index contributed by atoms with van der Waals surface area (Å²) in [6.07, 6.45) is 2.23. The third-order valence-electron chi connectivity index (χ3n) is 4.37. The first-order valence-electron chi connectivity index (χ1n) is 7.35. The predicted molar refractivity (Wildman–Crippen MR) is 86.9 cm³/mol. The van der Waals surface area contributed by atoms with Crippen molar-refractivity contribution in [3.63, 3.8) is 0 Å². The van der Waals surface area contributed by atoms with Crippen molar-refractivity contribution < 1.29 is 9.18 Å². The number of nitrogens with one attached hydrogen (secondary N) is 1. The summed E-state index contributed by atoms with van der Waals surface area (Å²) in [5.41, 5.74) is 1.37. The first kappa shape index (κ1) is 16.4. The lowest BCUT2D eigenvalue weighted by Crippen LogP contribution is -2.46. The van der Waals surface area contributed by atoms with Crippen LogP contribution >= 0.6 is 15.9 Å². The molecule has 116 valence electrons. The number of likely N-dealkylation sites (tertiary alicyclic amines) is 1. The summed E-state index contributed by atoms with van der Waals surface area (Å²) in [5, 5.41) is 2.85. The summed E-state index contributed by atoms with van der Waals surface area (Å²) in [5.74, 6) is -0.452. The largest absolute Gasteiger partial charge is 0.324 e.